The van der Waals surface area contributed by atoms with Crippen molar-refractivity contribution < 1.29 is 14.5 Å². The minimum atomic E-state index is -0.638. The van der Waals surface area contributed by atoms with Crippen LogP contribution in [0, 0.1) is 10.1 Å². The Bertz CT molecular complexity index is 1130. The fourth-order valence-electron chi connectivity index (χ4n) is 5.55. The Morgan fingerprint density at radius 2 is 1.67 bits per heavy atom. The number of hydrogen-bond donors (Lipinski definition) is 1. The maximum absolute atomic E-state index is 13.7. The van der Waals surface area contributed by atoms with Gasteiger partial charge < -0.3 is 10.2 Å². The highest BCUT2D eigenvalue weighted by Crippen LogP contribution is 2.49. The van der Waals surface area contributed by atoms with E-state index in [0.29, 0.717) is 12.1 Å². The molecule has 1 spiro atoms. The number of amides is 2. The molecule has 1 unspecified atom stereocenters. The maximum atomic E-state index is 13.7. The van der Waals surface area contributed by atoms with Crippen LogP contribution in [0.2, 0.25) is 0 Å². The molecular weight excluding hydrogens is 420 g/mol. The zero-order valence-corrected chi connectivity index (χ0v) is 18.3. The molecule has 0 saturated carbocycles. The molecule has 2 aromatic rings. The van der Waals surface area contributed by atoms with E-state index >= 15 is 0 Å². The molecular formula is C25H26N4O4. The average Bonchev–Trinajstić information content (AvgIpc) is 2.95. The van der Waals surface area contributed by atoms with E-state index in [9.17, 15) is 19.7 Å². The van der Waals surface area contributed by atoms with Crippen LogP contribution in [0.3, 0.4) is 0 Å². The highest BCUT2D eigenvalue weighted by molar-refractivity contribution is 6.12. The molecule has 3 aliphatic heterocycles. The summed E-state index contributed by atoms with van der Waals surface area (Å²) in [6.07, 6.45) is 4.76. The molecule has 2 amide bonds. The summed E-state index contributed by atoms with van der Waals surface area (Å²) in [4.78, 5) is 41.9. The van der Waals surface area contributed by atoms with Crippen molar-refractivity contribution in [1.82, 2.24) is 15.1 Å². The van der Waals surface area contributed by atoms with Gasteiger partial charge >= 0.3 is 0 Å². The van der Waals surface area contributed by atoms with Crippen LogP contribution >= 0.6 is 0 Å². The lowest BCUT2D eigenvalue weighted by molar-refractivity contribution is -0.384. The topological polar surface area (TPSA) is 95.8 Å². The van der Waals surface area contributed by atoms with Gasteiger partial charge in [0.1, 0.15) is 11.4 Å². The second-order valence-corrected chi connectivity index (χ2v) is 8.80. The van der Waals surface area contributed by atoms with Crippen LogP contribution in [0.15, 0.2) is 60.3 Å². The first-order chi connectivity index (χ1) is 16.0. The van der Waals surface area contributed by atoms with E-state index in [1.807, 2.05) is 11.0 Å². The molecule has 8 heteroatoms. The van der Waals surface area contributed by atoms with Crippen molar-refractivity contribution >= 4 is 23.1 Å². The van der Waals surface area contributed by atoms with Gasteiger partial charge in [0.05, 0.1) is 4.92 Å². The molecule has 8 nitrogen and oxygen atoms in total. The van der Waals surface area contributed by atoms with Gasteiger partial charge in [0, 0.05) is 42.9 Å². The van der Waals surface area contributed by atoms with Crippen LogP contribution in [0.4, 0.5) is 5.69 Å². The summed E-state index contributed by atoms with van der Waals surface area (Å²) in [5, 5.41) is 14.1. The van der Waals surface area contributed by atoms with Gasteiger partial charge in [-0.2, -0.15) is 0 Å². The predicted octanol–water partition coefficient (Wildman–Crippen LogP) is 3.55. The number of carbonyl (C=O) groups is 2. The highest BCUT2D eigenvalue weighted by atomic mass is 16.6. The third-order valence-corrected chi connectivity index (χ3v) is 6.98. The van der Waals surface area contributed by atoms with Crippen LogP contribution in [-0.4, -0.2) is 51.8 Å². The van der Waals surface area contributed by atoms with Gasteiger partial charge in [-0.1, -0.05) is 24.6 Å². The Balaban J connectivity index is 1.67. The summed E-state index contributed by atoms with van der Waals surface area (Å²) < 4.78 is 0. The van der Waals surface area contributed by atoms with Gasteiger partial charge in [0.25, 0.3) is 17.5 Å². The van der Waals surface area contributed by atoms with Crippen LogP contribution in [0.25, 0.3) is 5.57 Å². The summed E-state index contributed by atoms with van der Waals surface area (Å²) in [5.41, 5.74) is 1.60. The number of nitro groups is 1. The third kappa shape index (κ3) is 3.51. The SMILES string of the molecule is O=C(NC1=C(c2ccc([N+](=O)[O-])cc2)C23CCCCCN2CCCN3C1=O)c1ccccc1. The molecule has 1 N–H and O–H groups in total. The summed E-state index contributed by atoms with van der Waals surface area (Å²) in [6.45, 7) is 2.37. The fraction of sp³-hybridized carbons (Fsp3) is 0.360. The predicted molar refractivity (Wildman–Crippen MR) is 123 cm³/mol. The Morgan fingerprint density at radius 3 is 2.39 bits per heavy atom. The summed E-state index contributed by atoms with van der Waals surface area (Å²) in [7, 11) is 0. The lowest BCUT2D eigenvalue weighted by Gasteiger charge is -2.51. The number of rotatable bonds is 4. The van der Waals surface area contributed by atoms with Crippen molar-refractivity contribution in [2.75, 3.05) is 19.6 Å². The van der Waals surface area contributed by atoms with Crippen molar-refractivity contribution in [3.63, 3.8) is 0 Å². The molecule has 2 fully saturated rings. The minimum Gasteiger partial charge on any atom is -0.317 e. The molecule has 0 aromatic heterocycles. The standard InChI is InChI=1S/C25H26N4O4/c30-23(19-8-3-1-4-9-19)26-22-21(18-10-12-20(13-11-18)29(32)33)25-14-5-2-6-15-27(25)16-7-17-28(25)24(22)31/h1,3-4,8-13H,2,5-7,14-17H2,(H,26,30). The number of nitrogens with zero attached hydrogens (tertiary/aromatic N) is 3. The molecule has 2 aromatic carbocycles. The first kappa shape index (κ1) is 21.3. The fourth-order valence-corrected chi connectivity index (χ4v) is 5.55. The van der Waals surface area contributed by atoms with E-state index < -0.39 is 10.6 Å². The molecule has 3 heterocycles. The van der Waals surface area contributed by atoms with E-state index in [1.165, 1.54) is 12.1 Å². The van der Waals surface area contributed by atoms with E-state index in [-0.39, 0.29) is 23.2 Å². The Hall–Kier alpha value is -3.52. The number of non-ortho nitro benzene ring substituents is 1. The average molecular weight is 447 g/mol. The molecule has 5 rings (SSSR count). The number of hydrogen-bond acceptors (Lipinski definition) is 5. The number of carbonyl (C=O) groups excluding carboxylic acids is 2. The van der Waals surface area contributed by atoms with Crippen molar-refractivity contribution in [1.29, 1.82) is 0 Å². The second-order valence-electron chi connectivity index (χ2n) is 8.80. The molecule has 1 atom stereocenters. The van der Waals surface area contributed by atoms with E-state index in [2.05, 4.69) is 10.2 Å². The second kappa shape index (κ2) is 8.44. The third-order valence-electron chi connectivity index (χ3n) is 6.98. The van der Waals surface area contributed by atoms with Gasteiger partial charge in [0.15, 0.2) is 0 Å². The largest absolute Gasteiger partial charge is 0.317 e. The summed E-state index contributed by atoms with van der Waals surface area (Å²) >= 11 is 0. The molecule has 3 aliphatic rings. The Morgan fingerprint density at radius 1 is 0.939 bits per heavy atom. The van der Waals surface area contributed by atoms with Crippen molar-refractivity contribution in [3.05, 3.63) is 81.5 Å². The van der Waals surface area contributed by atoms with E-state index in [4.69, 9.17) is 0 Å². The van der Waals surface area contributed by atoms with E-state index in [0.717, 1.165) is 56.3 Å². The van der Waals surface area contributed by atoms with Crippen molar-refractivity contribution in [2.24, 2.45) is 0 Å². The van der Waals surface area contributed by atoms with Crippen LogP contribution < -0.4 is 5.32 Å². The zero-order valence-electron chi connectivity index (χ0n) is 18.3. The highest BCUT2D eigenvalue weighted by Gasteiger charge is 2.57. The molecule has 0 aliphatic carbocycles. The van der Waals surface area contributed by atoms with Crippen LogP contribution in [-0.2, 0) is 4.79 Å². The Kier molecular flexibility index (Phi) is 5.46. The molecule has 0 radical (unpaired) electrons. The number of benzene rings is 2. The van der Waals surface area contributed by atoms with Gasteiger partial charge in [-0.15, -0.1) is 0 Å². The maximum Gasteiger partial charge on any atom is 0.272 e. The summed E-state index contributed by atoms with van der Waals surface area (Å²) in [5.74, 6) is -0.519. The first-order valence-corrected chi connectivity index (χ1v) is 11.5. The Labute approximate surface area is 192 Å². The van der Waals surface area contributed by atoms with Crippen LogP contribution in [0.5, 0.6) is 0 Å². The summed E-state index contributed by atoms with van der Waals surface area (Å²) in [6, 6.07) is 15.2. The number of nitro benzene ring substituents is 1. The van der Waals surface area contributed by atoms with Crippen molar-refractivity contribution in [3.8, 4) is 0 Å². The van der Waals surface area contributed by atoms with Gasteiger partial charge in [-0.05, 0) is 55.5 Å². The van der Waals surface area contributed by atoms with Gasteiger partial charge in [-0.3, -0.25) is 24.6 Å². The molecule has 2 saturated heterocycles. The lowest BCUT2D eigenvalue weighted by atomic mass is 9.86. The zero-order chi connectivity index (χ0) is 23.0. The first-order valence-electron chi connectivity index (χ1n) is 11.5. The van der Waals surface area contributed by atoms with Crippen LogP contribution in [0.1, 0.15) is 48.0 Å². The van der Waals surface area contributed by atoms with Gasteiger partial charge in [0.2, 0.25) is 0 Å². The lowest BCUT2D eigenvalue weighted by Crippen LogP contribution is -2.63. The van der Waals surface area contributed by atoms with Crippen molar-refractivity contribution in [2.45, 2.75) is 37.8 Å². The number of nitrogens with one attached hydrogen (secondary N) is 1. The molecule has 170 valence electrons. The monoisotopic (exact) mass is 446 g/mol. The minimum absolute atomic E-state index is 0.00531. The molecule has 0 bridgehead atoms. The normalized spacial score (nSPS) is 23.0. The smallest absolute Gasteiger partial charge is 0.272 e. The quantitative estimate of drug-likeness (QED) is 0.572. The molecule has 33 heavy (non-hydrogen) atoms. The van der Waals surface area contributed by atoms with E-state index in [1.54, 1.807) is 36.4 Å². The van der Waals surface area contributed by atoms with Gasteiger partial charge in [-0.25, -0.2) is 0 Å².